The molecule has 0 radical (unpaired) electrons. The fourth-order valence-electron chi connectivity index (χ4n) is 2.71. The number of nitrogens with one attached hydrogen (secondary N) is 1. The van der Waals surface area contributed by atoms with Gasteiger partial charge in [0.25, 0.3) is 0 Å². The average molecular weight is 290 g/mol. The number of carboxylic acids is 1. The summed E-state index contributed by atoms with van der Waals surface area (Å²) in [5, 5.41) is 11.9. The minimum atomic E-state index is -0.768. The molecule has 5 nitrogen and oxygen atoms in total. The Kier molecular flexibility index (Phi) is 4.50. The van der Waals surface area contributed by atoms with Crippen LogP contribution in [0.3, 0.4) is 0 Å². The number of rotatable bonds is 2. The van der Waals surface area contributed by atoms with Gasteiger partial charge in [-0.25, -0.2) is 4.79 Å². The summed E-state index contributed by atoms with van der Waals surface area (Å²) < 4.78 is 0. The number of hydrogen-bond acceptors (Lipinski definition) is 2. The van der Waals surface area contributed by atoms with Crippen molar-refractivity contribution in [1.29, 1.82) is 0 Å². The lowest BCUT2D eigenvalue weighted by Gasteiger charge is -2.36. The molecule has 2 N–H and O–H groups in total. The molecule has 1 saturated heterocycles. The molecule has 1 aliphatic heterocycles. The highest BCUT2D eigenvalue weighted by Crippen LogP contribution is 2.24. The Morgan fingerprint density at radius 1 is 1.29 bits per heavy atom. The third kappa shape index (κ3) is 3.54. The molecule has 1 aromatic carbocycles. The molecule has 5 heteroatoms. The van der Waals surface area contributed by atoms with Crippen molar-refractivity contribution in [3.8, 4) is 0 Å². The van der Waals surface area contributed by atoms with Crippen molar-refractivity contribution in [2.75, 3.05) is 11.9 Å². The molecule has 2 unspecified atom stereocenters. The second-order valence-corrected chi connectivity index (χ2v) is 5.83. The number of urea groups is 1. The Hall–Kier alpha value is -2.04. The van der Waals surface area contributed by atoms with Gasteiger partial charge >= 0.3 is 12.0 Å². The van der Waals surface area contributed by atoms with Crippen LogP contribution in [-0.4, -0.2) is 34.6 Å². The number of carboxylic acid groups (broad SMARTS) is 1. The Morgan fingerprint density at radius 2 is 2.00 bits per heavy atom. The number of amides is 2. The lowest BCUT2D eigenvalue weighted by molar-refractivity contribution is -0.143. The molecule has 1 heterocycles. The van der Waals surface area contributed by atoms with E-state index in [4.69, 9.17) is 5.11 Å². The summed E-state index contributed by atoms with van der Waals surface area (Å²) in [7, 11) is 0. The topological polar surface area (TPSA) is 69.6 Å². The van der Waals surface area contributed by atoms with Crippen LogP contribution in [-0.2, 0) is 4.79 Å². The van der Waals surface area contributed by atoms with Gasteiger partial charge in [-0.05, 0) is 56.9 Å². The highest BCUT2D eigenvalue weighted by molar-refractivity contribution is 5.90. The smallest absolute Gasteiger partial charge is 0.322 e. The molecule has 0 aliphatic carbocycles. The van der Waals surface area contributed by atoms with Gasteiger partial charge in [-0.2, -0.15) is 0 Å². The molecule has 1 aromatic rings. The van der Waals surface area contributed by atoms with E-state index in [9.17, 15) is 9.59 Å². The van der Waals surface area contributed by atoms with E-state index in [2.05, 4.69) is 5.32 Å². The summed E-state index contributed by atoms with van der Waals surface area (Å²) in [4.78, 5) is 25.1. The summed E-state index contributed by atoms with van der Waals surface area (Å²) in [6.45, 7) is 6.41. The van der Waals surface area contributed by atoms with Gasteiger partial charge < -0.3 is 15.3 Å². The first-order chi connectivity index (χ1) is 9.88. The predicted octanol–water partition coefficient (Wildman–Crippen LogP) is 3.02. The van der Waals surface area contributed by atoms with E-state index >= 15 is 0 Å². The van der Waals surface area contributed by atoms with Crippen LogP contribution in [0.5, 0.6) is 0 Å². The molecule has 1 aliphatic rings. The van der Waals surface area contributed by atoms with Crippen molar-refractivity contribution in [1.82, 2.24) is 4.90 Å². The van der Waals surface area contributed by atoms with Crippen LogP contribution in [0.4, 0.5) is 10.5 Å². The largest absolute Gasteiger partial charge is 0.481 e. The van der Waals surface area contributed by atoms with Gasteiger partial charge in [0.1, 0.15) is 0 Å². The second kappa shape index (κ2) is 6.16. The molecule has 2 rings (SSSR count). The maximum Gasteiger partial charge on any atom is 0.322 e. The van der Waals surface area contributed by atoms with E-state index in [-0.39, 0.29) is 18.0 Å². The number of carbonyl (C=O) groups is 2. The minimum Gasteiger partial charge on any atom is -0.481 e. The Labute approximate surface area is 125 Å². The minimum absolute atomic E-state index is 0.0635. The van der Waals surface area contributed by atoms with Gasteiger partial charge in [-0.3, -0.25) is 4.79 Å². The van der Waals surface area contributed by atoms with Crippen molar-refractivity contribution in [3.05, 3.63) is 29.3 Å². The van der Waals surface area contributed by atoms with Crippen LogP contribution in [0.25, 0.3) is 0 Å². The summed E-state index contributed by atoms with van der Waals surface area (Å²) in [5.41, 5.74) is 3.09. The highest BCUT2D eigenvalue weighted by Gasteiger charge is 2.32. The lowest BCUT2D eigenvalue weighted by Crippen LogP contribution is -2.47. The molecule has 0 aromatic heterocycles. The zero-order valence-electron chi connectivity index (χ0n) is 12.7. The number of nitrogens with zero attached hydrogens (tertiary/aromatic N) is 1. The number of anilines is 1. The SMILES string of the molecule is Cc1ccc(NC(=O)N2CCC(C(=O)O)CC2C)cc1C. The zero-order valence-corrected chi connectivity index (χ0v) is 12.7. The predicted molar refractivity (Wildman–Crippen MR) is 81.5 cm³/mol. The van der Waals surface area contributed by atoms with E-state index in [1.54, 1.807) is 4.90 Å². The van der Waals surface area contributed by atoms with Crippen molar-refractivity contribution < 1.29 is 14.7 Å². The number of piperidine rings is 1. The number of benzene rings is 1. The average Bonchev–Trinajstić information content (AvgIpc) is 2.42. The Bertz CT molecular complexity index is 556. The fraction of sp³-hybridized carbons (Fsp3) is 0.500. The van der Waals surface area contributed by atoms with Crippen molar-refractivity contribution in [2.45, 2.75) is 39.7 Å². The van der Waals surface area contributed by atoms with E-state index < -0.39 is 5.97 Å². The van der Waals surface area contributed by atoms with Gasteiger partial charge in [0.05, 0.1) is 5.92 Å². The van der Waals surface area contributed by atoms with Crippen LogP contribution in [0.2, 0.25) is 0 Å². The molecule has 0 spiro atoms. The first-order valence-corrected chi connectivity index (χ1v) is 7.26. The number of hydrogen-bond donors (Lipinski definition) is 2. The van der Waals surface area contributed by atoms with E-state index in [0.29, 0.717) is 19.4 Å². The monoisotopic (exact) mass is 290 g/mol. The molecule has 0 bridgehead atoms. The van der Waals surface area contributed by atoms with Crippen LogP contribution in [0.15, 0.2) is 18.2 Å². The number of likely N-dealkylation sites (tertiary alicyclic amines) is 1. The maximum atomic E-state index is 12.3. The number of aryl methyl sites for hydroxylation is 2. The van der Waals surface area contributed by atoms with Gasteiger partial charge in [0.15, 0.2) is 0 Å². The molecule has 21 heavy (non-hydrogen) atoms. The number of carbonyl (C=O) groups excluding carboxylic acids is 1. The summed E-state index contributed by atoms with van der Waals surface area (Å²) in [5.74, 6) is -1.11. The van der Waals surface area contributed by atoms with Gasteiger partial charge in [-0.15, -0.1) is 0 Å². The van der Waals surface area contributed by atoms with Crippen LogP contribution in [0, 0.1) is 19.8 Å². The molecule has 2 atom stereocenters. The first-order valence-electron chi connectivity index (χ1n) is 7.26. The van der Waals surface area contributed by atoms with E-state index in [1.165, 1.54) is 5.56 Å². The zero-order chi connectivity index (χ0) is 15.6. The Morgan fingerprint density at radius 3 is 2.57 bits per heavy atom. The highest BCUT2D eigenvalue weighted by atomic mass is 16.4. The molecular weight excluding hydrogens is 268 g/mol. The summed E-state index contributed by atoms with van der Waals surface area (Å²) in [6, 6.07) is 5.59. The van der Waals surface area contributed by atoms with Gasteiger partial charge in [-0.1, -0.05) is 6.07 Å². The summed E-state index contributed by atoms with van der Waals surface area (Å²) in [6.07, 6.45) is 1.02. The Balaban J connectivity index is 2.00. The first kappa shape index (κ1) is 15.4. The fourth-order valence-corrected chi connectivity index (χ4v) is 2.71. The van der Waals surface area contributed by atoms with Crippen molar-refractivity contribution >= 4 is 17.7 Å². The van der Waals surface area contributed by atoms with E-state index in [0.717, 1.165) is 11.3 Å². The number of aliphatic carboxylic acids is 1. The van der Waals surface area contributed by atoms with Gasteiger partial charge in [0.2, 0.25) is 0 Å². The third-order valence-corrected chi connectivity index (χ3v) is 4.24. The van der Waals surface area contributed by atoms with Crippen LogP contribution in [0.1, 0.15) is 30.9 Å². The van der Waals surface area contributed by atoms with Crippen molar-refractivity contribution in [2.24, 2.45) is 5.92 Å². The standard InChI is InChI=1S/C16H22N2O3/c1-10-4-5-14(8-11(10)2)17-16(21)18-7-6-13(15(19)20)9-12(18)3/h4-5,8,12-13H,6-7,9H2,1-3H3,(H,17,21)(H,19,20). The quantitative estimate of drug-likeness (QED) is 0.879. The molecule has 114 valence electrons. The lowest BCUT2D eigenvalue weighted by atomic mass is 9.92. The molecular formula is C16H22N2O3. The van der Waals surface area contributed by atoms with Crippen LogP contribution >= 0.6 is 0 Å². The molecule has 0 saturated carbocycles. The maximum absolute atomic E-state index is 12.3. The van der Waals surface area contributed by atoms with Crippen molar-refractivity contribution in [3.63, 3.8) is 0 Å². The van der Waals surface area contributed by atoms with Crippen LogP contribution < -0.4 is 5.32 Å². The van der Waals surface area contributed by atoms with E-state index in [1.807, 2.05) is 39.0 Å². The molecule has 2 amide bonds. The summed E-state index contributed by atoms with van der Waals surface area (Å²) >= 11 is 0. The van der Waals surface area contributed by atoms with Gasteiger partial charge in [0, 0.05) is 18.3 Å². The molecule has 1 fully saturated rings. The second-order valence-electron chi connectivity index (χ2n) is 5.83. The normalized spacial score (nSPS) is 22.0. The third-order valence-electron chi connectivity index (χ3n) is 4.24.